The number of methoxy groups -OCH3 is 1. The van der Waals surface area contributed by atoms with E-state index in [2.05, 4.69) is 4.98 Å². The number of ether oxygens (including phenoxy) is 1. The molecule has 3 heterocycles. The Morgan fingerprint density at radius 3 is 2.82 bits per heavy atom. The Bertz CT molecular complexity index is 1500. The molecule has 34 heavy (non-hydrogen) atoms. The zero-order chi connectivity index (χ0) is 23.4. The number of urea groups is 1. The molecular formula is C26H22N4O4. The van der Waals surface area contributed by atoms with Gasteiger partial charge in [0.25, 0.3) is 5.91 Å². The first kappa shape index (κ1) is 19.4. The lowest BCUT2D eigenvalue weighted by molar-refractivity contribution is 0.0806. The summed E-state index contributed by atoms with van der Waals surface area (Å²) in [6.07, 6.45) is 3.26. The molecule has 2 aliphatic carbocycles. The van der Waals surface area contributed by atoms with E-state index in [0.29, 0.717) is 42.4 Å². The number of hydrogen-bond donors (Lipinski definition) is 2. The quantitative estimate of drug-likeness (QED) is 0.620. The number of nitrogens with one attached hydrogen (secondary N) is 1. The van der Waals surface area contributed by atoms with Crippen molar-refractivity contribution in [2.45, 2.75) is 18.3 Å². The van der Waals surface area contributed by atoms with Crippen LogP contribution in [0.15, 0.2) is 48.2 Å². The molecule has 1 aromatic heterocycles. The third-order valence-corrected chi connectivity index (χ3v) is 8.00. The summed E-state index contributed by atoms with van der Waals surface area (Å²) in [5.74, 6) is 0.780. The van der Waals surface area contributed by atoms with Gasteiger partial charge in [0, 0.05) is 52.4 Å². The first-order valence-electron chi connectivity index (χ1n) is 11.4. The van der Waals surface area contributed by atoms with Gasteiger partial charge in [0.2, 0.25) is 0 Å². The smallest absolute Gasteiger partial charge is 0.319 e. The van der Waals surface area contributed by atoms with Crippen LogP contribution in [0.3, 0.4) is 0 Å². The van der Waals surface area contributed by atoms with Crippen LogP contribution in [0.2, 0.25) is 0 Å². The van der Waals surface area contributed by atoms with Crippen molar-refractivity contribution in [1.29, 1.82) is 0 Å². The van der Waals surface area contributed by atoms with E-state index in [1.54, 1.807) is 23.0 Å². The third kappa shape index (κ3) is 2.30. The fourth-order valence-corrected chi connectivity index (χ4v) is 6.33. The van der Waals surface area contributed by atoms with Gasteiger partial charge in [-0.2, -0.15) is 0 Å². The average molecular weight is 454 g/mol. The van der Waals surface area contributed by atoms with Crippen LogP contribution in [0.25, 0.3) is 10.9 Å². The SMILES string of the molecule is COc1ccc2c(c1)[C@]13C[C@H]1CN(C(=O)c1cc4c5c(ccc4[nH]1)N(C(N)=O)CC5)C3=CC2=O. The number of likely N-dealkylation sites (tertiary alicyclic amines) is 1. The normalized spacial score (nSPS) is 23.9. The lowest BCUT2D eigenvalue weighted by Gasteiger charge is -2.29. The number of carbonyl (C=O) groups is 3. The van der Waals surface area contributed by atoms with Crippen LogP contribution in [-0.2, 0) is 11.8 Å². The highest BCUT2D eigenvalue weighted by molar-refractivity contribution is 6.10. The molecule has 1 spiro atoms. The standard InChI is InChI=1S/C26H22N4O4/c1-34-14-2-3-16-18(8-14)26-11-13(26)12-30(23(26)10-22(16)31)24(32)20-9-17-15-6-7-29(25(27)33)21(15)5-4-19(17)28-20/h2-5,8-10,13,28H,6-7,11-12H2,1H3,(H2,27,33)/t13-,26-/m0/s1. The molecule has 2 aromatic carbocycles. The zero-order valence-electron chi connectivity index (χ0n) is 18.6. The molecule has 0 unspecified atom stereocenters. The Hall–Kier alpha value is -4.07. The van der Waals surface area contributed by atoms with E-state index in [-0.39, 0.29) is 17.1 Å². The second kappa shape index (κ2) is 6.28. The minimum absolute atomic E-state index is 0.0790. The predicted molar refractivity (Wildman–Crippen MR) is 125 cm³/mol. The largest absolute Gasteiger partial charge is 0.497 e. The van der Waals surface area contributed by atoms with Gasteiger partial charge >= 0.3 is 6.03 Å². The fraction of sp³-hybridized carbons (Fsp3) is 0.269. The van der Waals surface area contributed by atoms with Gasteiger partial charge in [0.05, 0.1) is 7.11 Å². The number of benzene rings is 2. The van der Waals surface area contributed by atoms with Crippen LogP contribution < -0.4 is 15.4 Å². The van der Waals surface area contributed by atoms with Crippen molar-refractivity contribution in [3.8, 4) is 5.75 Å². The summed E-state index contributed by atoms with van der Waals surface area (Å²) in [5.41, 5.74) is 10.8. The zero-order valence-corrected chi connectivity index (χ0v) is 18.6. The maximum atomic E-state index is 13.7. The fourth-order valence-electron chi connectivity index (χ4n) is 6.33. The van der Waals surface area contributed by atoms with Crippen molar-refractivity contribution >= 4 is 34.3 Å². The second-order valence-electron chi connectivity index (χ2n) is 9.54. The minimum Gasteiger partial charge on any atom is -0.497 e. The number of nitrogens with two attached hydrogens (primary N) is 1. The molecule has 1 saturated carbocycles. The van der Waals surface area contributed by atoms with Crippen LogP contribution in [0, 0.1) is 5.92 Å². The van der Waals surface area contributed by atoms with E-state index in [9.17, 15) is 14.4 Å². The number of rotatable bonds is 2. The predicted octanol–water partition coefficient (Wildman–Crippen LogP) is 3.11. The number of aromatic amines is 1. The highest BCUT2D eigenvalue weighted by Crippen LogP contribution is 2.67. The topological polar surface area (TPSA) is 109 Å². The lowest BCUT2D eigenvalue weighted by atomic mass is 9.81. The number of allylic oxidation sites excluding steroid dienone is 2. The lowest BCUT2D eigenvalue weighted by Crippen LogP contribution is -2.34. The van der Waals surface area contributed by atoms with E-state index in [4.69, 9.17) is 10.5 Å². The molecule has 2 atom stereocenters. The molecule has 3 N–H and O–H groups in total. The molecule has 8 heteroatoms. The summed E-state index contributed by atoms with van der Waals surface area (Å²) in [4.78, 5) is 45.0. The number of hydrogen-bond acceptors (Lipinski definition) is 4. The van der Waals surface area contributed by atoms with Crippen molar-refractivity contribution < 1.29 is 19.1 Å². The Labute approximate surface area is 195 Å². The number of primary amides is 1. The molecule has 0 bridgehead atoms. The van der Waals surface area contributed by atoms with Gasteiger partial charge < -0.3 is 20.4 Å². The Morgan fingerprint density at radius 1 is 1.18 bits per heavy atom. The van der Waals surface area contributed by atoms with E-state index in [0.717, 1.165) is 39.8 Å². The number of H-pyrrole nitrogens is 1. The van der Waals surface area contributed by atoms with Gasteiger partial charge in [-0.15, -0.1) is 0 Å². The minimum atomic E-state index is -0.475. The van der Waals surface area contributed by atoms with E-state index >= 15 is 0 Å². The van der Waals surface area contributed by atoms with E-state index < -0.39 is 6.03 Å². The summed E-state index contributed by atoms with van der Waals surface area (Å²) < 4.78 is 5.41. The third-order valence-electron chi connectivity index (χ3n) is 8.00. The molecular weight excluding hydrogens is 432 g/mol. The number of fused-ring (bicyclic) bond motifs is 4. The Kier molecular flexibility index (Phi) is 3.59. The summed E-state index contributed by atoms with van der Waals surface area (Å²) in [6, 6.07) is 10.7. The van der Waals surface area contributed by atoms with Gasteiger partial charge in [0.1, 0.15) is 11.4 Å². The van der Waals surface area contributed by atoms with Crippen LogP contribution >= 0.6 is 0 Å². The first-order chi connectivity index (χ1) is 16.4. The van der Waals surface area contributed by atoms with Crippen LogP contribution in [0.1, 0.15) is 38.4 Å². The molecule has 0 radical (unpaired) electrons. The van der Waals surface area contributed by atoms with Crippen LogP contribution in [0.4, 0.5) is 10.5 Å². The summed E-state index contributed by atoms with van der Waals surface area (Å²) >= 11 is 0. The number of piperidine rings is 1. The van der Waals surface area contributed by atoms with Gasteiger partial charge in [-0.3, -0.25) is 14.5 Å². The Morgan fingerprint density at radius 2 is 2.03 bits per heavy atom. The number of ketones is 1. The van der Waals surface area contributed by atoms with Crippen molar-refractivity contribution in [3.05, 3.63) is 70.6 Å². The molecule has 1 saturated heterocycles. The number of anilines is 1. The van der Waals surface area contributed by atoms with Crippen molar-refractivity contribution in [3.63, 3.8) is 0 Å². The van der Waals surface area contributed by atoms with Crippen molar-refractivity contribution in [2.75, 3.05) is 25.1 Å². The molecule has 7 rings (SSSR count). The highest BCUT2D eigenvalue weighted by Gasteiger charge is 2.67. The molecule has 2 fully saturated rings. The molecule has 3 amide bonds. The van der Waals surface area contributed by atoms with Crippen LogP contribution in [0.5, 0.6) is 5.75 Å². The number of nitrogens with zero attached hydrogens (tertiary/aromatic N) is 2. The van der Waals surface area contributed by atoms with Gasteiger partial charge in [0.15, 0.2) is 5.78 Å². The first-order valence-corrected chi connectivity index (χ1v) is 11.4. The Balaban J connectivity index is 1.28. The number of aromatic nitrogens is 1. The highest BCUT2D eigenvalue weighted by atomic mass is 16.5. The maximum Gasteiger partial charge on any atom is 0.319 e. The van der Waals surface area contributed by atoms with Crippen molar-refractivity contribution in [1.82, 2.24) is 9.88 Å². The van der Waals surface area contributed by atoms with Gasteiger partial charge in [-0.05, 0) is 66.3 Å². The van der Waals surface area contributed by atoms with E-state index in [1.165, 1.54) is 0 Å². The number of amides is 3. The van der Waals surface area contributed by atoms with Crippen molar-refractivity contribution in [2.24, 2.45) is 11.7 Å². The summed E-state index contributed by atoms with van der Waals surface area (Å²) in [5, 5.41) is 0.924. The molecule has 4 aliphatic rings. The van der Waals surface area contributed by atoms with E-state index in [1.807, 2.05) is 36.4 Å². The molecule has 2 aliphatic heterocycles. The summed E-state index contributed by atoms with van der Waals surface area (Å²) in [6.45, 7) is 1.12. The van der Waals surface area contributed by atoms with Gasteiger partial charge in [-0.25, -0.2) is 4.79 Å². The maximum absolute atomic E-state index is 13.7. The average Bonchev–Trinajstić information content (AvgIpc) is 3.16. The monoisotopic (exact) mass is 454 g/mol. The molecule has 3 aromatic rings. The summed E-state index contributed by atoms with van der Waals surface area (Å²) in [7, 11) is 1.62. The van der Waals surface area contributed by atoms with Crippen LogP contribution in [-0.4, -0.2) is 47.8 Å². The second-order valence-corrected chi connectivity index (χ2v) is 9.54. The number of carbonyl (C=O) groups excluding carboxylic acids is 3. The van der Waals surface area contributed by atoms with Gasteiger partial charge in [-0.1, -0.05) is 0 Å². The molecule has 170 valence electrons. The molecule has 8 nitrogen and oxygen atoms in total.